The third-order valence-electron chi connectivity index (χ3n) is 3.69. The zero-order chi connectivity index (χ0) is 16.4. The van der Waals surface area contributed by atoms with Gasteiger partial charge in [-0.2, -0.15) is 11.3 Å². The summed E-state index contributed by atoms with van der Waals surface area (Å²) in [6, 6.07) is 11.5. The molecule has 0 atom stereocenters. The summed E-state index contributed by atoms with van der Waals surface area (Å²) in [5.41, 5.74) is 6.41. The van der Waals surface area contributed by atoms with Gasteiger partial charge in [-0.25, -0.2) is 4.98 Å². The number of hydrogen-bond acceptors (Lipinski definition) is 5. The first-order valence-corrected chi connectivity index (χ1v) is 9.21. The lowest BCUT2D eigenvalue weighted by Gasteiger charge is -2.07. The number of nitrogens with zero attached hydrogens (tertiary/aromatic N) is 2. The second-order valence-corrected chi connectivity index (χ2v) is 6.95. The molecule has 3 heterocycles. The number of amides is 1. The van der Waals surface area contributed by atoms with Crippen molar-refractivity contribution < 1.29 is 4.79 Å². The van der Waals surface area contributed by atoms with E-state index in [1.807, 2.05) is 35.7 Å². The van der Waals surface area contributed by atoms with Gasteiger partial charge in [-0.1, -0.05) is 0 Å². The van der Waals surface area contributed by atoms with Gasteiger partial charge >= 0.3 is 0 Å². The molecule has 0 fully saturated rings. The van der Waals surface area contributed by atoms with E-state index in [0.717, 1.165) is 27.0 Å². The first-order valence-electron chi connectivity index (χ1n) is 7.38. The molecule has 1 aromatic carbocycles. The Labute approximate surface area is 146 Å². The molecule has 3 aromatic heterocycles. The highest BCUT2D eigenvalue weighted by atomic mass is 32.1. The topological polar surface area (TPSA) is 54.9 Å². The first kappa shape index (κ1) is 15.0. The number of carbonyl (C=O) groups excluding carboxylic acids is 1. The highest BCUT2D eigenvalue weighted by Gasteiger charge is 2.08. The standard InChI is InChI=1S/C18H13N3OS2/c22-18(13-1-2-15-17(8-13)24-11-21-15)20-9-12-3-5-19-16(7-12)14-4-6-23-10-14/h1-8,10-11H,9H2,(H,20,22). The van der Waals surface area contributed by atoms with Crippen molar-refractivity contribution >= 4 is 38.8 Å². The Bertz CT molecular complexity index is 992. The van der Waals surface area contributed by atoms with Gasteiger partial charge in [0.15, 0.2) is 0 Å². The number of aromatic nitrogens is 2. The molecule has 118 valence electrons. The highest BCUT2D eigenvalue weighted by Crippen LogP contribution is 2.21. The van der Waals surface area contributed by atoms with Gasteiger partial charge < -0.3 is 5.32 Å². The number of fused-ring (bicyclic) bond motifs is 1. The maximum absolute atomic E-state index is 12.4. The number of thiophene rings is 1. The lowest BCUT2D eigenvalue weighted by Crippen LogP contribution is -2.22. The van der Waals surface area contributed by atoms with E-state index in [9.17, 15) is 4.79 Å². The molecule has 0 spiro atoms. The summed E-state index contributed by atoms with van der Waals surface area (Å²) in [5.74, 6) is -0.0841. The van der Waals surface area contributed by atoms with Gasteiger partial charge in [0, 0.05) is 29.2 Å². The van der Waals surface area contributed by atoms with E-state index in [2.05, 4.69) is 20.7 Å². The van der Waals surface area contributed by atoms with E-state index in [0.29, 0.717) is 12.1 Å². The number of nitrogens with one attached hydrogen (secondary N) is 1. The normalized spacial score (nSPS) is 10.8. The molecule has 1 N–H and O–H groups in total. The summed E-state index contributed by atoms with van der Waals surface area (Å²) in [5, 5.41) is 7.06. The lowest BCUT2D eigenvalue weighted by atomic mass is 10.1. The average molecular weight is 351 g/mol. The SMILES string of the molecule is O=C(NCc1ccnc(-c2ccsc2)c1)c1ccc2ncsc2c1. The van der Waals surface area contributed by atoms with Crippen molar-refractivity contribution in [1.29, 1.82) is 0 Å². The van der Waals surface area contributed by atoms with Gasteiger partial charge in [0.1, 0.15) is 0 Å². The molecule has 0 bridgehead atoms. The van der Waals surface area contributed by atoms with Crippen molar-refractivity contribution in [3.05, 3.63) is 70.0 Å². The number of carbonyl (C=O) groups is 1. The minimum absolute atomic E-state index is 0.0841. The summed E-state index contributed by atoms with van der Waals surface area (Å²) in [4.78, 5) is 21.0. The Morgan fingerprint density at radius 1 is 1.12 bits per heavy atom. The minimum Gasteiger partial charge on any atom is -0.348 e. The van der Waals surface area contributed by atoms with Gasteiger partial charge in [-0.15, -0.1) is 11.3 Å². The minimum atomic E-state index is -0.0841. The maximum Gasteiger partial charge on any atom is 0.251 e. The third kappa shape index (κ3) is 3.06. The zero-order valence-corrected chi connectivity index (χ0v) is 14.2. The number of thiazole rings is 1. The zero-order valence-electron chi connectivity index (χ0n) is 12.6. The fraction of sp³-hybridized carbons (Fsp3) is 0.0556. The van der Waals surface area contributed by atoms with Crippen LogP contribution in [0.15, 0.2) is 58.9 Å². The van der Waals surface area contributed by atoms with E-state index in [1.54, 1.807) is 29.1 Å². The first-order chi connectivity index (χ1) is 11.8. The molecule has 0 radical (unpaired) electrons. The summed E-state index contributed by atoms with van der Waals surface area (Å²) >= 11 is 3.18. The summed E-state index contributed by atoms with van der Waals surface area (Å²) in [6.45, 7) is 0.471. The van der Waals surface area contributed by atoms with Crippen molar-refractivity contribution in [2.75, 3.05) is 0 Å². The molecular weight excluding hydrogens is 338 g/mol. The number of pyridine rings is 1. The molecule has 0 aliphatic carbocycles. The monoisotopic (exact) mass is 351 g/mol. The second-order valence-electron chi connectivity index (χ2n) is 5.28. The molecule has 4 rings (SSSR count). The Balaban J connectivity index is 1.48. The molecular formula is C18H13N3OS2. The van der Waals surface area contributed by atoms with E-state index >= 15 is 0 Å². The van der Waals surface area contributed by atoms with Crippen LogP contribution in [-0.2, 0) is 6.54 Å². The fourth-order valence-electron chi connectivity index (χ4n) is 2.43. The van der Waals surface area contributed by atoms with Crippen LogP contribution in [0.4, 0.5) is 0 Å². The third-order valence-corrected chi connectivity index (χ3v) is 5.16. The van der Waals surface area contributed by atoms with Gasteiger partial charge in [0.25, 0.3) is 5.91 Å². The molecule has 0 aliphatic heterocycles. The quantitative estimate of drug-likeness (QED) is 0.595. The molecule has 24 heavy (non-hydrogen) atoms. The van der Waals surface area contributed by atoms with Crippen molar-refractivity contribution in [3.8, 4) is 11.3 Å². The van der Waals surface area contributed by atoms with Crippen LogP contribution < -0.4 is 5.32 Å². The van der Waals surface area contributed by atoms with E-state index in [1.165, 1.54) is 11.3 Å². The van der Waals surface area contributed by atoms with Gasteiger partial charge in [-0.3, -0.25) is 9.78 Å². The van der Waals surface area contributed by atoms with Gasteiger partial charge in [-0.05, 0) is 47.3 Å². The van der Waals surface area contributed by atoms with Crippen molar-refractivity contribution in [1.82, 2.24) is 15.3 Å². The van der Waals surface area contributed by atoms with Crippen LogP contribution in [0.3, 0.4) is 0 Å². The van der Waals surface area contributed by atoms with E-state index in [-0.39, 0.29) is 5.91 Å². The van der Waals surface area contributed by atoms with Crippen molar-refractivity contribution in [3.63, 3.8) is 0 Å². The molecule has 0 saturated carbocycles. The fourth-order valence-corrected chi connectivity index (χ4v) is 3.80. The summed E-state index contributed by atoms with van der Waals surface area (Å²) < 4.78 is 1.02. The largest absolute Gasteiger partial charge is 0.348 e. The Hall–Kier alpha value is -2.57. The van der Waals surface area contributed by atoms with Gasteiger partial charge in [0.05, 0.1) is 21.4 Å². The Kier molecular flexibility index (Phi) is 4.06. The van der Waals surface area contributed by atoms with Gasteiger partial charge in [0.2, 0.25) is 0 Å². The molecule has 0 saturated heterocycles. The molecule has 0 unspecified atom stereocenters. The molecule has 0 aliphatic rings. The van der Waals surface area contributed by atoms with E-state index < -0.39 is 0 Å². The molecule has 4 aromatic rings. The van der Waals surface area contributed by atoms with Crippen molar-refractivity contribution in [2.24, 2.45) is 0 Å². The predicted molar refractivity (Wildman–Crippen MR) is 98.3 cm³/mol. The summed E-state index contributed by atoms with van der Waals surface area (Å²) in [7, 11) is 0. The lowest BCUT2D eigenvalue weighted by molar-refractivity contribution is 0.0951. The molecule has 4 nitrogen and oxygen atoms in total. The smallest absolute Gasteiger partial charge is 0.251 e. The van der Waals surface area contributed by atoms with Crippen LogP contribution >= 0.6 is 22.7 Å². The Morgan fingerprint density at radius 2 is 2.08 bits per heavy atom. The Morgan fingerprint density at radius 3 is 2.96 bits per heavy atom. The van der Waals surface area contributed by atoms with Crippen LogP contribution in [0.5, 0.6) is 0 Å². The van der Waals surface area contributed by atoms with Crippen LogP contribution in [0.25, 0.3) is 21.5 Å². The molecule has 6 heteroatoms. The highest BCUT2D eigenvalue weighted by molar-refractivity contribution is 7.16. The number of benzene rings is 1. The van der Waals surface area contributed by atoms with Crippen LogP contribution in [0, 0.1) is 0 Å². The maximum atomic E-state index is 12.4. The predicted octanol–water partition coefficient (Wildman–Crippen LogP) is 4.35. The van der Waals surface area contributed by atoms with Crippen LogP contribution in [-0.4, -0.2) is 15.9 Å². The molecule has 1 amide bonds. The number of hydrogen-bond donors (Lipinski definition) is 1. The van der Waals surface area contributed by atoms with Crippen LogP contribution in [0.1, 0.15) is 15.9 Å². The average Bonchev–Trinajstić information content (AvgIpc) is 3.30. The number of rotatable bonds is 4. The van der Waals surface area contributed by atoms with Crippen molar-refractivity contribution in [2.45, 2.75) is 6.54 Å². The van der Waals surface area contributed by atoms with E-state index in [4.69, 9.17) is 0 Å². The summed E-state index contributed by atoms with van der Waals surface area (Å²) in [6.07, 6.45) is 1.78. The second kappa shape index (κ2) is 6.51. The van der Waals surface area contributed by atoms with Crippen LogP contribution in [0.2, 0.25) is 0 Å².